The Morgan fingerprint density at radius 2 is 1.75 bits per heavy atom. The maximum Gasteiger partial charge on any atom is 0.225 e. The van der Waals surface area contributed by atoms with Crippen LogP contribution in [0.1, 0.15) is 25.0 Å². The maximum atomic E-state index is 9.66. The molecule has 3 N–H and O–H groups in total. The van der Waals surface area contributed by atoms with Crippen molar-refractivity contribution in [3.05, 3.63) is 71.8 Å². The first-order valence-corrected chi connectivity index (χ1v) is 9.66. The highest BCUT2D eigenvalue weighted by molar-refractivity contribution is 5.64. The molecule has 3 aromatic rings. The van der Waals surface area contributed by atoms with E-state index >= 15 is 0 Å². The van der Waals surface area contributed by atoms with Crippen molar-refractivity contribution in [1.29, 1.82) is 0 Å². The van der Waals surface area contributed by atoms with Crippen molar-refractivity contribution in [3.63, 3.8) is 0 Å². The van der Waals surface area contributed by atoms with Crippen LogP contribution >= 0.6 is 0 Å². The van der Waals surface area contributed by atoms with Crippen molar-refractivity contribution < 1.29 is 5.11 Å². The molecule has 1 atom stereocenters. The zero-order valence-electron chi connectivity index (χ0n) is 16.7. The molecule has 3 rings (SSSR count). The van der Waals surface area contributed by atoms with Gasteiger partial charge >= 0.3 is 0 Å². The zero-order chi connectivity index (χ0) is 19.9. The van der Waals surface area contributed by atoms with Crippen molar-refractivity contribution >= 4 is 11.8 Å². The van der Waals surface area contributed by atoms with Gasteiger partial charge in [0.25, 0.3) is 0 Å². The van der Waals surface area contributed by atoms with Gasteiger partial charge in [-0.2, -0.15) is 4.98 Å². The summed E-state index contributed by atoms with van der Waals surface area (Å²) in [5, 5.41) is 16.3. The van der Waals surface area contributed by atoms with E-state index in [0.717, 1.165) is 17.1 Å². The van der Waals surface area contributed by atoms with Crippen molar-refractivity contribution in [2.45, 2.75) is 33.4 Å². The van der Waals surface area contributed by atoms with E-state index in [2.05, 4.69) is 65.6 Å². The largest absolute Gasteiger partial charge is 0.394 e. The Morgan fingerprint density at radius 3 is 2.43 bits per heavy atom. The summed E-state index contributed by atoms with van der Waals surface area (Å²) in [6, 6.07) is 20.3. The van der Waals surface area contributed by atoms with Crippen LogP contribution in [0, 0.1) is 12.8 Å². The second kappa shape index (κ2) is 9.33. The number of nitrogens with one attached hydrogen (secondary N) is 2. The Hall–Kier alpha value is -2.92. The Labute approximate surface area is 166 Å². The number of anilines is 2. The third kappa shape index (κ3) is 5.30. The summed E-state index contributed by atoms with van der Waals surface area (Å²) in [6.07, 6.45) is 0. The molecule has 0 saturated carbocycles. The Morgan fingerprint density at radius 1 is 0.964 bits per heavy atom. The molecule has 0 spiro atoms. The minimum Gasteiger partial charge on any atom is -0.394 e. The summed E-state index contributed by atoms with van der Waals surface area (Å²) in [5.74, 6) is 1.52. The molecule has 2 aromatic carbocycles. The van der Waals surface area contributed by atoms with Gasteiger partial charge in [0.05, 0.1) is 18.3 Å². The van der Waals surface area contributed by atoms with E-state index < -0.39 is 0 Å². The third-order valence-electron chi connectivity index (χ3n) is 4.67. The molecule has 28 heavy (non-hydrogen) atoms. The number of hydrogen-bond acceptors (Lipinski definition) is 5. The van der Waals surface area contributed by atoms with E-state index in [0.29, 0.717) is 12.5 Å². The first-order chi connectivity index (χ1) is 13.5. The van der Waals surface area contributed by atoms with E-state index in [4.69, 9.17) is 0 Å². The van der Waals surface area contributed by atoms with Crippen molar-refractivity contribution in [2.75, 3.05) is 17.2 Å². The van der Waals surface area contributed by atoms with Crippen LogP contribution in [0.5, 0.6) is 0 Å². The highest BCUT2D eigenvalue weighted by Gasteiger charge is 2.15. The van der Waals surface area contributed by atoms with Gasteiger partial charge in [-0.05, 0) is 18.4 Å². The standard InChI is InChI=1S/C23H28N4O/c1-16(2)21(15-28)26-23-25-20(19-10-5-4-6-11-19)13-22(27-23)24-14-18-9-7-8-17(3)12-18/h4-13,16,21,28H,14-15H2,1-3H3,(H2,24,25,26,27)/t21-/m1/s1. The molecule has 0 amide bonds. The van der Waals surface area contributed by atoms with Crippen LogP contribution in [0.4, 0.5) is 11.8 Å². The Bertz CT molecular complexity index is 896. The Kier molecular flexibility index (Phi) is 6.61. The molecule has 5 nitrogen and oxygen atoms in total. The lowest BCUT2D eigenvalue weighted by atomic mass is 10.1. The molecule has 0 saturated heterocycles. The van der Waals surface area contributed by atoms with Gasteiger partial charge in [0, 0.05) is 18.2 Å². The van der Waals surface area contributed by atoms with Crippen LogP contribution in [-0.4, -0.2) is 27.7 Å². The molecule has 0 radical (unpaired) electrons. The van der Waals surface area contributed by atoms with E-state index in [1.807, 2.05) is 36.4 Å². The van der Waals surface area contributed by atoms with E-state index in [1.54, 1.807) is 0 Å². The number of aliphatic hydroxyl groups is 1. The van der Waals surface area contributed by atoms with Gasteiger partial charge in [0.2, 0.25) is 5.95 Å². The highest BCUT2D eigenvalue weighted by atomic mass is 16.3. The van der Waals surface area contributed by atoms with E-state index in [9.17, 15) is 5.11 Å². The van der Waals surface area contributed by atoms with Crippen LogP contribution in [-0.2, 0) is 6.54 Å². The lowest BCUT2D eigenvalue weighted by molar-refractivity contribution is 0.248. The van der Waals surface area contributed by atoms with Gasteiger partial charge < -0.3 is 15.7 Å². The van der Waals surface area contributed by atoms with Crippen molar-refractivity contribution in [1.82, 2.24) is 9.97 Å². The molecule has 5 heteroatoms. The van der Waals surface area contributed by atoms with Crippen molar-refractivity contribution in [2.24, 2.45) is 5.92 Å². The number of hydrogen-bond donors (Lipinski definition) is 3. The molecule has 0 bridgehead atoms. The number of nitrogens with zero attached hydrogens (tertiary/aromatic N) is 2. The second-order valence-electron chi connectivity index (χ2n) is 7.35. The number of rotatable bonds is 8. The second-order valence-corrected chi connectivity index (χ2v) is 7.35. The quantitative estimate of drug-likeness (QED) is 0.540. The normalized spacial score (nSPS) is 12.0. The third-order valence-corrected chi connectivity index (χ3v) is 4.67. The summed E-state index contributed by atoms with van der Waals surface area (Å²) in [5.41, 5.74) is 4.30. The fourth-order valence-electron chi connectivity index (χ4n) is 2.96. The number of aromatic nitrogens is 2. The summed E-state index contributed by atoms with van der Waals surface area (Å²) in [6.45, 7) is 6.92. The zero-order valence-corrected chi connectivity index (χ0v) is 16.7. The average molecular weight is 377 g/mol. The molecular weight excluding hydrogens is 348 g/mol. The van der Waals surface area contributed by atoms with Gasteiger partial charge in [0.1, 0.15) is 5.82 Å². The monoisotopic (exact) mass is 376 g/mol. The summed E-state index contributed by atoms with van der Waals surface area (Å²) >= 11 is 0. The minimum atomic E-state index is -0.101. The fraction of sp³-hybridized carbons (Fsp3) is 0.304. The SMILES string of the molecule is Cc1cccc(CNc2cc(-c3ccccc3)nc(N[C@H](CO)C(C)C)n2)c1. The average Bonchev–Trinajstić information content (AvgIpc) is 2.71. The van der Waals surface area contributed by atoms with Gasteiger partial charge in [-0.25, -0.2) is 4.98 Å². The number of aryl methyl sites for hydroxylation is 1. The first kappa shape index (κ1) is 19.8. The smallest absolute Gasteiger partial charge is 0.225 e. The molecule has 0 aliphatic heterocycles. The lowest BCUT2D eigenvalue weighted by Crippen LogP contribution is -2.30. The maximum absolute atomic E-state index is 9.66. The topological polar surface area (TPSA) is 70.1 Å². The molecular formula is C23H28N4O. The molecule has 0 aliphatic carbocycles. The van der Waals surface area contributed by atoms with Crippen LogP contribution in [0.2, 0.25) is 0 Å². The number of benzene rings is 2. The van der Waals surface area contributed by atoms with Gasteiger partial charge in [-0.15, -0.1) is 0 Å². The van der Waals surface area contributed by atoms with Crippen LogP contribution in [0.3, 0.4) is 0 Å². The Balaban J connectivity index is 1.88. The number of aliphatic hydroxyl groups excluding tert-OH is 1. The summed E-state index contributed by atoms with van der Waals surface area (Å²) in [4.78, 5) is 9.29. The van der Waals surface area contributed by atoms with Gasteiger partial charge in [-0.3, -0.25) is 0 Å². The van der Waals surface area contributed by atoms with Gasteiger partial charge in [0.15, 0.2) is 0 Å². The first-order valence-electron chi connectivity index (χ1n) is 9.66. The summed E-state index contributed by atoms with van der Waals surface area (Å²) < 4.78 is 0. The predicted octanol–water partition coefficient (Wildman–Crippen LogP) is 4.49. The fourth-order valence-corrected chi connectivity index (χ4v) is 2.96. The van der Waals surface area contributed by atoms with Crippen LogP contribution < -0.4 is 10.6 Å². The van der Waals surface area contributed by atoms with Crippen LogP contribution in [0.15, 0.2) is 60.7 Å². The predicted molar refractivity (Wildman–Crippen MR) is 115 cm³/mol. The van der Waals surface area contributed by atoms with E-state index in [1.165, 1.54) is 11.1 Å². The highest BCUT2D eigenvalue weighted by Crippen LogP contribution is 2.22. The molecule has 1 heterocycles. The molecule has 0 unspecified atom stereocenters. The van der Waals surface area contributed by atoms with Crippen molar-refractivity contribution in [3.8, 4) is 11.3 Å². The minimum absolute atomic E-state index is 0.0304. The van der Waals surface area contributed by atoms with Crippen LogP contribution in [0.25, 0.3) is 11.3 Å². The lowest BCUT2D eigenvalue weighted by Gasteiger charge is -2.20. The summed E-state index contributed by atoms with van der Waals surface area (Å²) in [7, 11) is 0. The van der Waals surface area contributed by atoms with Gasteiger partial charge in [-0.1, -0.05) is 74.0 Å². The molecule has 0 fully saturated rings. The molecule has 0 aliphatic rings. The molecule has 146 valence electrons. The molecule has 1 aromatic heterocycles. The van der Waals surface area contributed by atoms with E-state index in [-0.39, 0.29) is 18.6 Å².